The summed E-state index contributed by atoms with van der Waals surface area (Å²) in [5.74, 6) is 0.450. The summed E-state index contributed by atoms with van der Waals surface area (Å²) in [5.41, 5.74) is 0. The summed E-state index contributed by atoms with van der Waals surface area (Å²) in [6.07, 6.45) is 4.82. The van der Waals surface area contributed by atoms with Crippen molar-refractivity contribution >= 4 is 15.7 Å². The first-order valence-corrected chi connectivity index (χ1v) is 7.26. The fraction of sp³-hybridized carbons (Fsp3) is 0.545. The van der Waals surface area contributed by atoms with E-state index in [-0.39, 0.29) is 10.9 Å². The second-order valence-corrected chi connectivity index (χ2v) is 5.94. The maximum atomic E-state index is 11.5. The Labute approximate surface area is 97.0 Å². The van der Waals surface area contributed by atoms with Crippen molar-refractivity contribution in [2.75, 3.05) is 11.6 Å². The van der Waals surface area contributed by atoms with Crippen LogP contribution in [-0.4, -0.2) is 25.7 Å². The molecule has 16 heavy (non-hydrogen) atoms. The second-order valence-electron chi connectivity index (χ2n) is 3.96. The summed E-state index contributed by atoms with van der Waals surface area (Å²) in [6, 6.07) is 3.43. The number of hydrogen-bond donors (Lipinski definition) is 1. The smallest absolute Gasteiger partial charge is 0.179 e. The van der Waals surface area contributed by atoms with Crippen LogP contribution in [0.5, 0.6) is 0 Å². The van der Waals surface area contributed by atoms with Gasteiger partial charge in [-0.2, -0.15) is 0 Å². The minimum Gasteiger partial charge on any atom is -0.367 e. The van der Waals surface area contributed by atoms with E-state index >= 15 is 0 Å². The molecule has 1 atom stereocenters. The second kappa shape index (κ2) is 5.30. The molecular weight excluding hydrogens is 224 g/mol. The molecule has 1 aromatic rings. The molecule has 1 rings (SSSR count). The molecule has 0 spiro atoms. The molecule has 5 heteroatoms. The highest BCUT2D eigenvalue weighted by molar-refractivity contribution is 7.90. The van der Waals surface area contributed by atoms with Crippen molar-refractivity contribution < 1.29 is 8.42 Å². The molecule has 90 valence electrons. The Hall–Kier alpha value is -1.10. The van der Waals surface area contributed by atoms with E-state index in [1.54, 1.807) is 18.3 Å². The van der Waals surface area contributed by atoms with Gasteiger partial charge >= 0.3 is 0 Å². The molecule has 0 bridgehead atoms. The van der Waals surface area contributed by atoms with Crippen LogP contribution in [0.3, 0.4) is 0 Å². The van der Waals surface area contributed by atoms with Crippen LogP contribution in [-0.2, 0) is 9.84 Å². The first-order valence-electron chi connectivity index (χ1n) is 5.36. The Balaban J connectivity index is 2.96. The summed E-state index contributed by atoms with van der Waals surface area (Å²) >= 11 is 0. The molecule has 0 aliphatic carbocycles. The third kappa shape index (κ3) is 3.48. The minimum atomic E-state index is -3.22. The fourth-order valence-corrected chi connectivity index (χ4v) is 2.33. The lowest BCUT2D eigenvalue weighted by Crippen LogP contribution is -2.17. The summed E-state index contributed by atoms with van der Waals surface area (Å²) in [6.45, 7) is 4.11. The van der Waals surface area contributed by atoms with E-state index in [0.717, 1.165) is 12.8 Å². The highest BCUT2D eigenvalue weighted by Crippen LogP contribution is 2.19. The van der Waals surface area contributed by atoms with Crippen molar-refractivity contribution in [2.24, 2.45) is 0 Å². The van der Waals surface area contributed by atoms with Crippen LogP contribution >= 0.6 is 0 Å². The van der Waals surface area contributed by atoms with Gasteiger partial charge in [-0.25, -0.2) is 13.4 Å². The minimum absolute atomic E-state index is 0.223. The molecule has 1 N–H and O–H groups in total. The van der Waals surface area contributed by atoms with Crippen LogP contribution in [0, 0.1) is 0 Å². The van der Waals surface area contributed by atoms with Crippen LogP contribution in [0.25, 0.3) is 0 Å². The average molecular weight is 242 g/mol. The van der Waals surface area contributed by atoms with E-state index in [0.29, 0.717) is 5.82 Å². The zero-order valence-electron chi connectivity index (χ0n) is 9.90. The van der Waals surface area contributed by atoms with Gasteiger partial charge in [-0.05, 0) is 25.5 Å². The normalized spacial score (nSPS) is 13.4. The summed E-state index contributed by atoms with van der Waals surface area (Å²) in [7, 11) is -3.22. The first kappa shape index (κ1) is 13.0. The summed E-state index contributed by atoms with van der Waals surface area (Å²) < 4.78 is 23.0. The van der Waals surface area contributed by atoms with E-state index in [1.165, 1.54) is 6.26 Å². The standard InChI is InChI=1S/C11H18N2O2S/c1-4-6-9(2)13-11-10(16(3,14)15)7-5-8-12-11/h5,7-9H,4,6H2,1-3H3,(H,12,13). The molecule has 0 aromatic carbocycles. The summed E-state index contributed by atoms with van der Waals surface area (Å²) in [4.78, 5) is 4.34. The molecule has 0 radical (unpaired) electrons. The van der Waals surface area contributed by atoms with Crippen LogP contribution in [0.15, 0.2) is 23.2 Å². The number of pyridine rings is 1. The highest BCUT2D eigenvalue weighted by atomic mass is 32.2. The Bertz CT molecular complexity index is 443. The van der Waals surface area contributed by atoms with Crippen LogP contribution < -0.4 is 5.32 Å². The third-order valence-electron chi connectivity index (χ3n) is 2.27. The van der Waals surface area contributed by atoms with Gasteiger partial charge < -0.3 is 5.32 Å². The Kier molecular flexibility index (Phi) is 4.29. The molecule has 0 aliphatic rings. The monoisotopic (exact) mass is 242 g/mol. The highest BCUT2D eigenvalue weighted by Gasteiger charge is 2.14. The predicted octanol–water partition coefficient (Wildman–Crippen LogP) is 2.09. The van der Waals surface area contributed by atoms with Gasteiger partial charge in [-0.3, -0.25) is 0 Å². The molecule has 1 aromatic heterocycles. The lowest BCUT2D eigenvalue weighted by atomic mass is 10.2. The van der Waals surface area contributed by atoms with Gasteiger partial charge in [0.25, 0.3) is 0 Å². The fourth-order valence-electron chi connectivity index (χ4n) is 1.54. The molecule has 0 saturated heterocycles. The number of nitrogens with zero attached hydrogens (tertiary/aromatic N) is 1. The van der Waals surface area contributed by atoms with Crippen molar-refractivity contribution in [1.82, 2.24) is 4.98 Å². The zero-order chi connectivity index (χ0) is 12.2. The maximum Gasteiger partial charge on any atom is 0.179 e. The van der Waals surface area contributed by atoms with E-state index in [1.807, 2.05) is 6.92 Å². The quantitative estimate of drug-likeness (QED) is 0.859. The Morgan fingerprint density at radius 2 is 2.19 bits per heavy atom. The number of rotatable bonds is 5. The van der Waals surface area contributed by atoms with E-state index in [4.69, 9.17) is 0 Å². The van der Waals surface area contributed by atoms with Crippen molar-refractivity contribution in [2.45, 2.75) is 37.6 Å². The van der Waals surface area contributed by atoms with Gasteiger partial charge in [0.2, 0.25) is 0 Å². The van der Waals surface area contributed by atoms with Crippen molar-refractivity contribution in [3.63, 3.8) is 0 Å². The molecule has 1 heterocycles. The summed E-state index contributed by atoms with van der Waals surface area (Å²) in [5, 5.41) is 3.13. The van der Waals surface area contributed by atoms with Crippen LogP contribution in [0.4, 0.5) is 5.82 Å². The van der Waals surface area contributed by atoms with E-state index in [2.05, 4.69) is 17.2 Å². The number of nitrogens with one attached hydrogen (secondary N) is 1. The lowest BCUT2D eigenvalue weighted by molar-refractivity contribution is 0.601. The number of aromatic nitrogens is 1. The van der Waals surface area contributed by atoms with E-state index < -0.39 is 9.84 Å². The molecule has 0 aliphatic heterocycles. The Morgan fingerprint density at radius 3 is 2.75 bits per heavy atom. The average Bonchev–Trinajstić information content (AvgIpc) is 2.17. The van der Waals surface area contributed by atoms with Crippen molar-refractivity contribution in [3.8, 4) is 0 Å². The maximum absolute atomic E-state index is 11.5. The Morgan fingerprint density at radius 1 is 1.50 bits per heavy atom. The van der Waals surface area contributed by atoms with Crippen molar-refractivity contribution in [1.29, 1.82) is 0 Å². The van der Waals surface area contributed by atoms with Gasteiger partial charge in [0.15, 0.2) is 9.84 Å². The molecule has 0 amide bonds. The first-order chi connectivity index (χ1) is 7.45. The third-order valence-corrected chi connectivity index (χ3v) is 3.40. The van der Waals surface area contributed by atoms with E-state index in [9.17, 15) is 8.42 Å². The van der Waals surface area contributed by atoms with Crippen molar-refractivity contribution in [3.05, 3.63) is 18.3 Å². The van der Waals surface area contributed by atoms with Gasteiger partial charge in [-0.15, -0.1) is 0 Å². The number of hydrogen-bond acceptors (Lipinski definition) is 4. The lowest BCUT2D eigenvalue weighted by Gasteiger charge is -2.15. The predicted molar refractivity (Wildman–Crippen MR) is 65.3 cm³/mol. The van der Waals surface area contributed by atoms with Gasteiger partial charge in [0.1, 0.15) is 10.7 Å². The number of anilines is 1. The van der Waals surface area contributed by atoms with Gasteiger partial charge in [-0.1, -0.05) is 13.3 Å². The van der Waals surface area contributed by atoms with Crippen LogP contribution in [0.2, 0.25) is 0 Å². The number of sulfone groups is 1. The van der Waals surface area contributed by atoms with Gasteiger partial charge in [0.05, 0.1) is 0 Å². The van der Waals surface area contributed by atoms with Gasteiger partial charge in [0, 0.05) is 18.5 Å². The largest absolute Gasteiger partial charge is 0.367 e. The molecule has 4 nitrogen and oxygen atoms in total. The molecule has 0 fully saturated rings. The molecule has 0 saturated carbocycles. The zero-order valence-corrected chi connectivity index (χ0v) is 10.7. The topological polar surface area (TPSA) is 59.1 Å². The SMILES string of the molecule is CCCC(C)Nc1ncccc1S(C)(=O)=O. The van der Waals surface area contributed by atoms with Crippen LogP contribution in [0.1, 0.15) is 26.7 Å². The molecular formula is C11H18N2O2S. The molecule has 1 unspecified atom stereocenters.